The molecule has 6 rings (SSSR count). The lowest BCUT2D eigenvalue weighted by molar-refractivity contribution is 0.0690. The third-order valence-electron chi connectivity index (χ3n) is 7.31. The fraction of sp³-hybridized carbons (Fsp3) is 0.258. The molecular formula is C31H32N8O5. The zero-order chi connectivity index (χ0) is 30.8. The number of anilines is 3. The van der Waals surface area contributed by atoms with E-state index < -0.39 is 5.97 Å². The van der Waals surface area contributed by atoms with Crippen LogP contribution in [0.5, 0.6) is 11.5 Å². The molecule has 5 aromatic rings. The van der Waals surface area contributed by atoms with Crippen molar-refractivity contribution in [1.29, 1.82) is 0 Å². The van der Waals surface area contributed by atoms with Gasteiger partial charge in [-0.2, -0.15) is 5.10 Å². The Kier molecular flexibility index (Phi) is 7.75. The number of imidazole rings is 1. The summed E-state index contributed by atoms with van der Waals surface area (Å²) in [6, 6.07) is 17.1. The Labute approximate surface area is 253 Å². The first-order valence-electron chi connectivity index (χ1n) is 14.1. The van der Waals surface area contributed by atoms with Gasteiger partial charge in [-0.25, -0.2) is 14.3 Å². The Hall–Kier alpha value is -5.59. The molecule has 1 fully saturated rings. The maximum absolute atomic E-state index is 13.1. The van der Waals surface area contributed by atoms with E-state index in [-0.39, 0.29) is 29.0 Å². The summed E-state index contributed by atoms with van der Waals surface area (Å²) in [5.74, 6) is 0.342. The Balaban J connectivity index is 1.35. The van der Waals surface area contributed by atoms with Crippen LogP contribution in [0.3, 0.4) is 0 Å². The van der Waals surface area contributed by atoms with E-state index in [4.69, 9.17) is 9.47 Å². The molecule has 0 radical (unpaired) electrons. The van der Waals surface area contributed by atoms with Crippen LogP contribution in [0.15, 0.2) is 67.0 Å². The molecule has 13 nitrogen and oxygen atoms in total. The van der Waals surface area contributed by atoms with Crippen LogP contribution in [0.2, 0.25) is 0 Å². The summed E-state index contributed by atoms with van der Waals surface area (Å²) in [5, 5.41) is 25.0. The number of amides is 1. The number of hydrogen-bond donors (Lipinski definition) is 3. The smallest absolute Gasteiger partial charge is 0.358 e. The minimum Gasteiger partial charge on any atom is -0.497 e. The Bertz CT molecular complexity index is 1810. The summed E-state index contributed by atoms with van der Waals surface area (Å²) in [6.07, 6.45) is 5.01. The van der Waals surface area contributed by atoms with Crippen molar-refractivity contribution >= 4 is 34.7 Å². The molecule has 13 heteroatoms. The van der Waals surface area contributed by atoms with Crippen LogP contribution in [0.25, 0.3) is 5.65 Å². The van der Waals surface area contributed by atoms with Gasteiger partial charge in [0.25, 0.3) is 5.91 Å². The van der Waals surface area contributed by atoms with Gasteiger partial charge in [0.15, 0.2) is 22.9 Å². The largest absolute Gasteiger partial charge is 0.497 e. The second kappa shape index (κ2) is 12.0. The summed E-state index contributed by atoms with van der Waals surface area (Å²) in [7, 11) is 5.13. The molecule has 3 heterocycles. The number of fused-ring (bicyclic) bond motifs is 1. The second-order valence-corrected chi connectivity index (χ2v) is 10.6. The zero-order valence-electron chi connectivity index (χ0n) is 24.5. The number of carbonyl (C=O) groups excluding carboxylic acids is 1. The summed E-state index contributed by atoms with van der Waals surface area (Å²) < 4.78 is 13.5. The van der Waals surface area contributed by atoms with Crippen LogP contribution < -0.4 is 25.0 Å². The lowest BCUT2D eigenvalue weighted by Crippen LogP contribution is -2.27. The van der Waals surface area contributed by atoms with Gasteiger partial charge in [-0.1, -0.05) is 24.3 Å². The molecule has 3 N–H and O–H groups in total. The Morgan fingerprint density at radius 1 is 1.00 bits per heavy atom. The summed E-state index contributed by atoms with van der Waals surface area (Å²) >= 11 is 0. The topological polar surface area (TPSA) is 148 Å². The molecule has 0 spiro atoms. The Morgan fingerprint density at radius 2 is 1.66 bits per heavy atom. The highest BCUT2D eigenvalue weighted by atomic mass is 16.5. The average molecular weight is 597 g/mol. The molecule has 2 aromatic carbocycles. The monoisotopic (exact) mass is 596 g/mol. The number of nitrogens with one attached hydrogen (secondary N) is 2. The third kappa shape index (κ3) is 6.11. The Morgan fingerprint density at radius 3 is 2.27 bits per heavy atom. The predicted molar refractivity (Wildman–Crippen MR) is 163 cm³/mol. The molecule has 1 saturated carbocycles. The molecule has 0 saturated heterocycles. The number of nitrogens with zero attached hydrogens (tertiary/aromatic N) is 6. The van der Waals surface area contributed by atoms with E-state index in [1.807, 2.05) is 60.5 Å². The van der Waals surface area contributed by atoms with Crippen molar-refractivity contribution in [3.8, 4) is 11.5 Å². The van der Waals surface area contributed by atoms with Gasteiger partial charge in [0.05, 0.1) is 38.3 Å². The van der Waals surface area contributed by atoms with Crippen molar-refractivity contribution < 1.29 is 24.2 Å². The molecule has 0 bridgehead atoms. The number of carbonyl (C=O) groups is 2. The molecule has 3 aromatic heterocycles. The lowest BCUT2D eigenvalue weighted by Gasteiger charge is -2.21. The van der Waals surface area contributed by atoms with Crippen LogP contribution >= 0.6 is 0 Å². The molecule has 226 valence electrons. The zero-order valence-corrected chi connectivity index (χ0v) is 24.5. The fourth-order valence-electron chi connectivity index (χ4n) is 4.83. The number of ether oxygens (including phenoxy) is 2. The number of carboxylic acid groups (broad SMARTS) is 1. The van der Waals surface area contributed by atoms with Gasteiger partial charge in [-0.3, -0.25) is 9.48 Å². The van der Waals surface area contributed by atoms with Crippen molar-refractivity contribution in [2.45, 2.75) is 32.0 Å². The van der Waals surface area contributed by atoms with Crippen molar-refractivity contribution in [3.05, 3.63) is 89.5 Å². The first-order chi connectivity index (χ1) is 21.3. The maximum Gasteiger partial charge on any atom is 0.358 e. The molecule has 44 heavy (non-hydrogen) atoms. The molecule has 0 atom stereocenters. The van der Waals surface area contributed by atoms with Gasteiger partial charge >= 0.3 is 5.97 Å². The first-order valence-corrected chi connectivity index (χ1v) is 14.1. The number of methoxy groups -OCH3 is 2. The van der Waals surface area contributed by atoms with E-state index >= 15 is 0 Å². The highest BCUT2D eigenvalue weighted by molar-refractivity contribution is 5.95. The summed E-state index contributed by atoms with van der Waals surface area (Å²) in [5.41, 5.74) is 3.50. The highest BCUT2D eigenvalue weighted by Crippen LogP contribution is 2.29. The summed E-state index contributed by atoms with van der Waals surface area (Å²) in [4.78, 5) is 31.8. The lowest BCUT2D eigenvalue weighted by atomic mass is 10.2. The maximum atomic E-state index is 13.1. The van der Waals surface area contributed by atoms with Crippen molar-refractivity contribution in [3.63, 3.8) is 0 Å². The van der Waals surface area contributed by atoms with Crippen molar-refractivity contribution in [2.75, 3.05) is 31.5 Å². The SMILES string of the molecule is COc1ccc(CN(C)c2cc(Nc3cn(Cc4ccc(OC)cc4)nc3C(=O)O)nn3c(C(=O)NC4CC4)cnc23)cc1. The normalized spacial score (nSPS) is 12.6. The number of carboxylic acids is 1. The van der Waals surface area contributed by atoms with E-state index in [2.05, 4.69) is 25.8 Å². The first kappa shape index (κ1) is 28.5. The molecule has 1 amide bonds. The number of benzene rings is 2. The number of aromatic carboxylic acids is 1. The standard InChI is InChI=1S/C31H32N8O5/c1-37(16-19-4-10-22(43-2)11-5-19)25-14-27(35-39-26(15-32-29(25)39)30(40)33-21-8-9-21)34-24-18-38(36-28(24)31(41)42)17-20-6-12-23(44-3)13-7-20/h4-7,10-15,18,21H,8-9,16-17H2,1-3H3,(H,33,40)(H,34,35)(H,41,42). The fourth-order valence-corrected chi connectivity index (χ4v) is 4.83. The van der Waals surface area contributed by atoms with Gasteiger partial charge in [-0.15, -0.1) is 5.10 Å². The van der Waals surface area contributed by atoms with E-state index in [1.54, 1.807) is 31.2 Å². The quantitative estimate of drug-likeness (QED) is 0.193. The molecule has 1 aliphatic rings. The van der Waals surface area contributed by atoms with Crippen LogP contribution in [0.4, 0.5) is 17.2 Å². The molecule has 0 unspecified atom stereocenters. The third-order valence-corrected chi connectivity index (χ3v) is 7.31. The number of aromatic nitrogens is 5. The van der Waals surface area contributed by atoms with Crippen molar-refractivity contribution in [1.82, 2.24) is 29.7 Å². The molecule has 1 aliphatic carbocycles. The van der Waals surface area contributed by atoms with E-state index in [0.717, 1.165) is 35.5 Å². The summed E-state index contributed by atoms with van der Waals surface area (Å²) in [6.45, 7) is 0.876. The van der Waals surface area contributed by atoms with Crippen molar-refractivity contribution in [2.24, 2.45) is 0 Å². The van der Waals surface area contributed by atoms with Gasteiger partial charge in [-0.05, 0) is 48.2 Å². The van der Waals surface area contributed by atoms with E-state index in [1.165, 1.54) is 10.7 Å². The van der Waals surface area contributed by atoms with E-state index in [0.29, 0.717) is 30.2 Å². The molecule has 0 aliphatic heterocycles. The number of rotatable bonds is 12. The van der Waals surface area contributed by atoms with Gasteiger partial charge < -0.3 is 30.1 Å². The average Bonchev–Trinajstić information content (AvgIpc) is 3.59. The number of hydrogen-bond acceptors (Lipinski definition) is 9. The minimum atomic E-state index is -1.19. The highest BCUT2D eigenvalue weighted by Gasteiger charge is 2.27. The van der Waals surface area contributed by atoms with Gasteiger partial charge in [0.2, 0.25) is 0 Å². The molecular weight excluding hydrogens is 564 g/mol. The second-order valence-electron chi connectivity index (χ2n) is 10.6. The van der Waals surface area contributed by atoms with Crippen LogP contribution in [-0.4, -0.2) is 68.7 Å². The van der Waals surface area contributed by atoms with Crippen LogP contribution in [-0.2, 0) is 13.1 Å². The van der Waals surface area contributed by atoms with Crippen LogP contribution in [0, 0.1) is 0 Å². The van der Waals surface area contributed by atoms with Gasteiger partial charge in [0.1, 0.15) is 11.5 Å². The van der Waals surface area contributed by atoms with Gasteiger partial charge in [0, 0.05) is 31.9 Å². The predicted octanol–water partition coefficient (Wildman–Crippen LogP) is 3.96. The van der Waals surface area contributed by atoms with Crippen LogP contribution in [0.1, 0.15) is 44.9 Å². The minimum absolute atomic E-state index is 0.154. The van der Waals surface area contributed by atoms with E-state index in [9.17, 15) is 14.7 Å².